The van der Waals surface area contributed by atoms with Crippen LogP contribution in [-0.4, -0.2) is 78.3 Å². The molecule has 2 saturated heterocycles. The number of carbonyl (C=O) groups excluding carboxylic acids is 2. The highest BCUT2D eigenvalue weighted by atomic mass is 32.2. The number of nitrogens with one attached hydrogen (secondary N) is 1. The molecule has 2 amide bonds. The van der Waals surface area contributed by atoms with E-state index >= 15 is 0 Å². The van der Waals surface area contributed by atoms with Gasteiger partial charge in [-0.1, -0.05) is 0 Å². The average Bonchev–Trinajstić information content (AvgIpc) is 3.38. The van der Waals surface area contributed by atoms with E-state index in [1.165, 1.54) is 36.0 Å². The summed E-state index contributed by atoms with van der Waals surface area (Å²) in [7, 11) is 3.96. The average molecular weight is 448 g/mol. The normalized spacial score (nSPS) is 23.1. The highest BCUT2D eigenvalue weighted by Gasteiger charge is 2.30. The van der Waals surface area contributed by atoms with Crippen LogP contribution in [0.5, 0.6) is 5.75 Å². The lowest BCUT2D eigenvalue weighted by Gasteiger charge is -2.28. The van der Waals surface area contributed by atoms with Gasteiger partial charge in [0.25, 0.3) is 5.91 Å². The molecule has 1 aromatic rings. The maximum absolute atomic E-state index is 13.9. The first kappa shape index (κ1) is 21.8. The summed E-state index contributed by atoms with van der Waals surface area (Å²) in [6.07, 6.45) is 4.03. The quantitative estimate of drug-likeness (QED) is 0.714. The van der Waals surface area contributed by atoms with Gasteiger partial charge in [0.1, 0.15) is 11.6 Å². The van der Waals surface area contributed by atoms with E-state index in [0.29, 0.717) is 28.7 Å². The summed E-state index contributed by atoms with van der Waals surface area (Å²) in [5, 5.41) is 2.45. The zero-order valence-corrected chi connectivity index (χ0v) is 18.5. The van der Waals surface area contributed by atoms with Gasteiger partial charge in [0, 0.05) is 37.8 Å². The van der Waals surface area contributed by atoms with Gasteiger partial charge in [-0.3, -0.25) is 9.80 Å². The number of nitrogens with zero attached hydrogens (tertiary/aromatic N) is 4. The van der Waals surface area contributed by atoms with Crippen molar-refractivity contribution in [3.8, 4) is 5.75 Å². The molecule has 0 aliphatic carbocycles. The number of carbonyl (C=O) groups is 2. The van der Waals surface area contributed by atoms with E-state index in [1.807, 2.05) is 19.1 Å². The molecule has 3 aliphatic heterocycles. The van der Waals surface area contributed by atoms with E-state index < -0.39 is 11.9 Å². The van der Waals surface area contributed by atoms with Crippen LogP contribution in [0.4, 0.5) is 9.18 Å². The van der Waals surface area contributed by atoms with Crippen LogP contribution in [0, 0.1) is 5.82 Å². The largest absolute Gasteiger partial charge is 0.415 e. The number of halogens is 1. The molecule has 2 fully saturated rings. The Balaban J connectivity index is 1.49. The van der Waals surface area contributed by atoms with Crippen molar-refractivity contribution in [3.05, 3.63) is 34.5 Å². The van der Waals surface area contributed by atoms with Crippen LogP contribution in [0.25, 0.3) is 6.08 Å². The lowest BCUT2D eigenvalue weighted by atomic mass is 10.2. The third-order valence-corrected chi connectivity index (χ3v) is 6.57. The molecular weight excluding hydrogens is 421 g/mol. The number of likely N-dealkylation sites (N-methyl/N-ethyl adjacent to an activating group) is 1. The fourth-order valence-electron chi connectivity index (χ4n) is 3.72. The van der Waals surface area contributed by atoms with Crippen molar-refractivity contribution < 1.29 is 18.7 Å². The lowest BCUT2D eigenvalue weighted by Crippen LogP contribution is -2.45. The Morgan fingerprint density at radius 1 is 1.35 bits per heavy atom. The molecule has 8 nitrogen and oxygen atoms in total. The highest BCUT2D eigenvalue weighted by molar-refractivity contribution is 8.18. The second kappa shape index (κ2) is 9.37. The standard InChI is InChI=1S/C21H26FN5O3S/c1-25(2)16-7-10-26(13-16)21(29)30-17-6-5-15(22)11-14(17)12-18-19(28)24-20(31-18)27-9-4-3-8-23-27/h5-6,11-12,16,23H,3-4,7-10,13H2,1-2H3/t16-/m0/s1. The highest BCUT2D eigenvalue weighted by Crippen LogP contribution is 2.33. The molecule has 0 saturated carbocycles. The molecule has 0 radical (unpaired) electrons. The maximum atomic E-state index is 13.9. The summed E-state index contributed by atoms with van der Waals surface area (Å²) < 4.78 is 19.5. The molecule has 0 spiro atoms. The minimum atomic E-state index is -0.477. The van der Waals surface area contributed by atoms with Gasteiger partial charge in [-0.25, -0.2) is 14.6 Å². The van der Waals surface area contributed by atoms with Gasteiger partial charge in [-0.2, -0.15) is 4.99 Å². The van der Waals surface area contributed by atoms with Gasteiger partial charge < -0.3 is 14.5 Å². The smallest absolute Gasteiger partial charge is 0.410 e. The molecule has 1 N–H and O–H groups in total. The molecule has 0 bridgehead atoms. The number of amides is 2. The van der Waals surface area contributed by atoms with E-state index in [9.17, 15) is 14.0 Å². The Hall–Kier alpha value is -2.43. The van der Waals surface area contributed by atoms with Crippen LogP contribution >= 0.6 is 11.8 Å². The molecule has 3 aliphatic rings. The van der Waals surface area contributed by atoms with Crippen molar-refractivity contribution in [3.63, 3.8) is 0 Å². The molecular formula is C21H26FN5O3S. The summed E-state index contributed by atoms with van der Waals surface area (Å²) in [6, 6.07) is 4.19. The van der Waals surface area contributed by atoms with Crippen LogP contribution in [0.15, 0.2) is 28.1 Å². The predicted octanol–water partition coefficient (Wildman–Crippen LogP) is 2.53. The van der Waals surface area contributed by atoms with Gasteiger partial charge in [0.05, 0.1) is 4.91 Å². The number of aliphatic imine (C=N–C) groups is 1. The predicted molar refractivity (Wildman–Crippen MR) is 118 cm³/mol. The first-order valence-corrected chi connectivity index (χ1v) is 11.2. The minimum absolute atomic E-state index is 0.213. The van der Waals surface area contributed by atoms with Crippen molar-refractivity contribution in [1.82, 2.24) is 20.2 Å². The van der Waals surface area contributed by atoms with E-state index in [0.717, 1.165) is 32.4 Å². The Morgan fingerprint density at radius 2 is 2.19 bits per heavy atom. The van der Waals surface area contributed by atoms with E-state index in [4.69, 9.17) is 4.74 Å². The minimum Gasteiger partial charge on any atom is -0.410 e. The van der Waals surface area contributed by atoms with Gasteiger partial charge in [-0.15, -0.1) is 0 Å². The van der Waals surface area contributed by atoms with Crippen LogP contribution in [-0.2, 0) is 4.79 Å². The van der Waals surface area contributed by atoms with Crippen molar-refractivity contribution in [2.24, 2.45) is 4.99 Å². The van der Waals surface area contributed by atoms with Gasteiger partial charge in [0.2, 0.25) is 0 Å². The van der Waals surface area contributed by atoms with Gasteiger partial charge in [-0.05, 0) is 69.4 Å². The van der Waals surface area contributed by atoms with Crippen LogP contribution in [0.3, 0.4) is 0 Å². The topological polar surface area (TPSA) is 77.5 Å². The fraction of sp³-hybridized carbons (Fsp3) is 0.476. The number of amidine groups is 1. The number of ether oxygens (including phenoxy) is 1. The van der Waals surface area contributed by atoms with Crippen molar-refractivity contribution in [1.29, 1.82) is 0 Å². The van der Waals surface area contributed by atoms with Crippen LogP contribution < -0.4 is 10.2 Å². The molecule has 1 aromatic carbocycles. The summed E-state index contributed by atoms with van der Waals surface area (Å²) in [4.78, 5) is 33.3. The van der Waals surface area contributed by atoms with Crippen molar-refractivity contribution >= 4 is 35.0 Å². The number of hydrogen-bond acceptors (Lipinski definition) is 7. The van der Waals surface area contributed by atoms with Crippen molar-refractivity contribution in [2.75, 3.05) is 40.3 Å². The molecule has 3 heterocycles. The number of hydrogen-bond donors (Lipinski definition) is 1. The Labute approximate surface area is 185 Å². The van der Waals surface area contributed by atoms with Crippen molar-refractivity contribution in [2.45, 2.75) is 25.3 Å². The second-order valence-corrected chi connectivity index (χ2v) is 8.99. The van der Waals surface area contributed by atoms with E-state index in [1.54, 1.807) is 4.90 Å². The first-order valence-electron chi connectivity index (χ1n) is 10.4. The molecule has 0 unspecified atom stereocenters. The van der Waals surface area contributed by atoms with Crippen LogP contribution in [0.2, 0.25) is 0 Å². The second-order valence-electron chi connectivity index (χ2n) is 7.98. The third kappa shape index (κ3) is 5.08. The zero-order valence-electron chi connectivity index (χ0n) is 17.6. The maximum Gasteiger partial charge on any atom is 0.415 e. The number of likely N-dealkylation sites (tertiary alicyclic amines) is 1. The Morgan fingerprint density at radius 3 is 2.90 bits per heavy atom. The Kier molecular flexibility index (Phi) is 6.59. The molecule has 166 valence electrons. The summed E-state index contributed by atoms with van der Waals surface area (Å²) in [5.74, 6) is -0.651. The van der Waals surface area contributed by atoms with E-state index in [2.05, 4.69) is 15.3 Å². The first-order chi connectivity index (χ1) is 14.9. The Bertz CT molecular complexity index is 930. The lowest BCUT2D eigenvalue weighted by molar-refractivity contribution is -0.113. The number of rotatable bonds is 3. The van der Waals surface area contributed by atoms with Gasteiger partial charge in [0.15, 0.2) is 5.17 Å². The molecule has 0 aromatic heterocycles. The summed E-state index contributed by atoms with van der Waals surface area (Å²) >= 11 is 1.23. The summed E-state index contributed by atoms with van der Waals surface area (Å²) in [6.45, 7) is 2.80. The third-order valence-electron chi connectivity index (χ3n) is 5.56. The number of thioether (sulfide) groups is 1. The fourth-order valence-corrected chi connectivity index (χ4v) is 4.63. The SMILES string of the molecule is CN(C)[C@H]1CCN(C(=O)Oc2ccc(F)cc2C=C2SC(N3CCCCN3)=NC2=O)C1. The summed E-state index contributed by atoms with van der Waals surface area (Å²) in [5.41, 5.74) is 3.55. The monoisotopic (exact) mass is 447 g/mol. The van der Waals surface area contributed by atoms with Gasteiger partial charge >= 0.3 is 6.09 Å². The molecule has 4 rings (SSSR count). The zero-order chi connectivity index (χ0) is 22.0. The number of hydrazine groups is 1. The van der Waals surface area contributed by atoms with E-state index in [-0.39, 0.29) is 17.7 Å². The molecule has 10 heteroatoms. The number of benzene rings is 1. The molecule has 1 atom stereocenters. The van der Waals surface area contributed by atoms with Crippen LogP contribution in [0.1, 0.15) is 24.8 Å². The molecule has 31 heavy (non-hydrogen) atoms.